The minimum Gasteiger partial charge on any atom is -0.457 e. The third-order valence-electron chi connectivity index (χ3n) is 11.7. The summed E-state index contributed by atoms with van der Waals surface area (Å²) < 4.78 is 7.11. The van der Waals surface area contributed by atoms with E-state index in [9.17, 15) is 0 Å². The van der Waals surface area contributed by atoms with Gasteiger partial charge in [0.2, 0.25) is 0 Å². The molecule has 5 nitrogen and oxygen atoms in total. The minimum atomic E-state index is -0.631. The molecule has 0 fully saturated rings. The molecule has 2 aliphatic rings. The highest BCUT2D eigenvalue weighted by Crippen LogP contribution is 2.62. The Balaban J connectivity index is 1.15. The summed E-state index contributed by atoms with van der Waals surface area (Å²) in [5.41, 5.74) is 12.9. The van der Waals surface area contributed by atoms with E-state index in [-0.39, 0.29) is 0 Å². The zero-order valence-corrected chi connectivity index (χ0v) is 31.4. The lowest BCUT2D eigenvalue weighted by atomic mass is 9.66. The van der Waals surface area contributed by atoms with Gasteiger partial charge in [-0.2, -0.15) is 0 Å². The summed E-state index contributed by atoms with van der Waals surface area (Å²) in [4.78, 5) is 19.9. The Bertz CT molecular complexity index is 3100. The molecule has 2 aromatic heterocycles. The van der Waals surface area contributed by atoms with Gasteiger partial charge in [0.25, 0.3) is 0 Å². The fourth-order valence-corrected chi connectivity index (χ4v) is 9.09. The molecule has 1 aliphatic heterocycles. The zero-order chi connectivity index (χ0) is 38.8. The van der Waals surface area contributed by atoms with Crippen LogP contribution in [0.15, 0.2) is 183 Å². The molecular formula is C53H34N4O. The highest BCUT2D eigenvalue weighted by Gasteiger charge is 2.51. The van der Waals surface area contributed by atoms with Gasteiger partial charge in [-0.1, -0.05) is 171 Å². The molecule has 1 spiro atoms. The summed E-state index contributed by atoms with van der Waals surface area (Å²) in [6.45, 7) is 8.16. The van der Waals surface area contributed by atoms with E-state index in [4.69, 9.17) is 19.7 Å². The normalized spacial score (nSPS) is 12.9. The van der Waals surface area contributed by atoms with E-state index in [1.807, 2.05) is 79.1 Å². The molecule has 0 unspecified atom stereocenters. The van der Waals surface area contributed by atoms with Crippen molar-refractivity contribution in [3.63, 3.8) is 0 Å². The number of fused-ring (bicyclic) bond motifs is 10. The van der Waals surface area contributed by atoms with Crippen molar-refractivity contribution in [2.24, 2.45) is 0 Å². The Labute approximate surface area is 336 Å². The van der Waals surface area contributed by atoms with E-state index in [0.717, 1.165) is 72.3 Å². The number of pyridine rings is 1. The van der Waals surface area contributed by atoms with Crippen molar-refractivity contribution in [1.82, 2.24) is 19.9 Å². The first-order valence-electron chi connectivity index (χ1n) is 19.4. The Morgan fingerprint density at radius 1 is 0.448 bits per heavy atom. The van der Waals surface area contributed by atoms with Crippen molar-refractivity contribution < 1.29 is 4.74 Å². The second-order valence-electron chi connectivity index (χ2n) is 14.7. The first kappa shape index (κ1) is 33.6. The highest BCUT2D eigenvalue weighted by molar-refractivity contribution is 5.97. The van der Waals surface area contributed by atoms with Crippen molar-refractivity contribution >= 4 is 22.9 Å². The second kappa shape index (κ2) is 13.2. The van der Waals surface area contributed by atoms with Crippen LogP contribution in [0.2, 0.25) is 0 Å². The molecule has 3 heterocycles. The van der Waals surface area contributed by atoms with Gasteiger partial charge in [0, 0.05) is 51.2 Å². The van der Waals surface area contributed by atoms with E-state index in [1.165, 1.54) is 22.3 Å². The summed E-state index contributed by atoms with van der Waals surface area (Å²) in [5.74, 6) is 3.20. The molecule has 272 valence electrons. The Morgan fingerprint density at radius 3 is 1.78 bits per heavy atom. The Hall–Kier alpha value is -7.76. The number of aromatic nitrogens is 4. The van der Waals surface area contributed by atoms with Crippen LogP contribution in [0, 0.1) is 0 Å². The van der Waals surface area contributed by atoms with Crippen LogP contribution >= 0.6 is 0 Å². The van der Waals surface area contributed by atoms with Crippen LogP contribution in [0.3, 0.4) is 0 Å². The van der Waals surface area contributed by atoms with Gasteiger partial charge in [-0.05, 0) is 56.5 Å². The Morgan fingerprint density at radius 2 is 1.05 bits per heavy atom. The van der Waals surface area contributed by atoms with Gasteiger partial charge in [0.05, 0.1) is 5.41 Å². The highest BCUT2D eigenvalue weighted by atomic mass is 16.5. The molecule has 0 N–H and O–H groups in total. The van der Waals surface area contributed by atoms with Crippen LogP contribution in [0.1, 0.15) is 33.4 Å². The molecule has 0 saturated heterocycles. The lowest BCUT2D eigenvalue weighted by Gasteiger charge is -2.39. The smallest absolute Gasteiger partial charge is 0.164 e. The van der Waals surface area contributed by atoms with Gasteiger partial charge in [-0.25, -0.2) is 15.0 Å². The first-order valence-corrected chi connectivity index (χ1v) is 19.4. The van der Waals surface area contributed by atoms with Crippen molar-refractivity contribution in [3.8, 4) is 67.9 Å². The van der Waals surface area contributed by atoms with Gasteiger partial charge in [0.1, 0.15) is 11.5 Å². The molecule has 0 saturated carbocycles. The topological polar surface area (TPSA) is 60.8 Å². The summed E-state index contributed by atoms with van der Waals surface area (Å²) in [7, 11) is 0. The van der Waals surface area contributed by atoms with Gasteiger partial charge in [-0.15, -0.1) is 0 Å². The molecule has 0 atom stereocenters. The van der Waals surface area contributed by atoms with Gasteiger partial charge in [0.15, 0.2) is 17.5 Å². The Kier molecular flexibility index (Phi) is 7.63. The summed E-state index contributed by atoms with van der Waals surface area (Å²) >= 11 is 0. The molecule has 11 rings (SSSR count). The van der Waals surface area contributed by atoms with E-state index >= 15 is 0 Å². The van der Waals surface area contributed by atoms with E-state index in [2.05, 4.69) is 121 Å². The number of rotatable bonds is 6. The van der Waals surface area contributed by atoms with Crippen LogP contribution in [-0.2, 0) is 5.41 Å². The van der Waals surface area contributed by atoms with Gasteiger partial charge in [-0.3, -0.25) is 4.98 Å². The lowest BCUT2D eigenvalue weighted by molar-refractivity contribution is 0.437. The first-order chi connectivity index (χ1) is 28.6. The third kappa shape index (κ3) is 4.97. The van der Waals surface area contributed by atoms with Crippen molar-refractivity contribution in [1.29, 1.82) is 0 Å². The standard InChI is InChI=1S/C53H34N4O/c1-3-33-18-14-22-42(38(33)4-2)52-56-50(34-15-6-5-7-16-34)55-51(57-52)36-26-28-47-49(30-36)58-48-29-35(43-32-54-31-37-17-8-9-19-39(37)43)25-27-46(48)53(47)44-23-12-10-20-40(44)41-21-11-13-24-45(41)53/h3-32H,1-2H2. The molecule has 0 amide bonds. The van der Waals surface area contributed by atoms with E-state index < -0.39 is 5.41 Å². The number of benzene rings is 7. The van der Waals surface area contributed by atoms with Crippen LogP contribution in [-0.4, -0.2) is 19.9 Å². The van der Waals surface area contributed by atoms with Crippen LogP contribution in [0.4, 0.5) is 0 Å². The predicted octanol–water partition coefficient (Wildman–Crippen LogP) is 12.8. The fourth-order valence-electron chi connectivity index (χ4n) is 9.09. The summed E-state index contributed by atoms with van der Waals surface area (Å²) in [6.07, 6.45) is 7.52. The van der Waals surface area contributed by atoms with Crippen molar-refractivity contribution in [3.05, 3.63) is 217 Å². The summed E-state index contributed by atoms with van der Waals surface area (Å²) in [5, 5.41) is 2.23. The predicted molar refractivity (Wildman–Crippen MR) is 234 cm³/mol. The molecule has 58 heavy (non-hydrogen) atoms. The molecule has 9 aromatic rings. The molecule has 0 radical (unpaired) electrons. The third-order valence-corrected chi connectivity index (χ3v) is 11.7. The average Bonchev–Trinajstić information content (AvgIpc) is 3.58. The summed E-state index contributed by atoms with van der Waals surface area (Å²) in [6, 6.07) is 55.0. The molecule has 5 heteroatoms. The monoisotopic (exact) mass is 742 g/mol. The maximum absolute atomic E-state index is 7.11. The maximum atomic E-state index is 7.11. The van der Waals surface area contributed by atoms with Crippen molar-refractivity contribution in [2.45, 2.75) is 5.41 Å². The fraction of sp³-hybridized carbons (Fsp3) is 0.0189. The zero-order valence-electron chi connectivity index (χ0n) is 31.4. The van der Waals surface area contributed by atoms with E-state index in [0.29, 0.717) is 17.5 Å². The van der Waals surface area contributed by atoms with Crippen LogP contribution < -0.4 is 4.74 Å². The molecule has 1 aliphatic carbocycles. The number of hydrogen-bond donors (Lipinski definition) is 0. The van der Waals surface area contributed by atoms with Gasteiger partial charge >= 0.3 is 0 Å². The largest absolute Gasteiger partial charge is 0.457 e. The lowest BCUT2D eigenvalue weighted by Crippen LogP contribution is -2.32. The van der Waals surface area contributed by atoms with Crippen LogP contribution in [0.5, 0.6) is 11.5 Å². The van der Waals surface area contributed by atoms with Crippen LogP contribution in [0.25, 0.3) is 79.3 Å². The minimum absolute atomic E-state index is 0.539. The molecular weight excluding hydrogens is 709 g/mol. The maximum Gasteiger partial charge on any atom is 0.164 e. The molecule has 7 aromatic carbocycles. The van der Waals surface area contributed by atoms with Gasteiger partial charge < -0.3 is 4.74 Å². The number of hydrogen-bond acceptors (Lipinski definition) is 5. The molecule has 0 bridgehead atoms. The van der Waals surface area contributed by atoms with E-state index in [1.54, 1.807) is 0 Å². The number of ether oxygens (including phenoxy) is 1. The average molecular weight is 743 g/mol. The second-order valence-corrected chi connectivity index (χ2v) is 14.7. The van der Waals surface area contributed by atoms with Crippen molar-refractivity contribution in [2.75, 3.05) is 0 Å². The SMILES string of the molecule is C=Cc1cccc(-c2nc(-c3ccccc3)nc(-c3ccc4c(c3)Oc3cc(-c5cncc6ccccc56)ccc3C43c4ccccc4-c4ccccc43)n2)c1C=C. The number of nitrogens with zero attached hydrogens (tertiary/aromatic N) is 4. The quantitative estimate of drug-likeness (QED) is 0.170.